The van der Waals surface area contributed by atoms with Crippen LogP contribution >= 0.6 is 0 Å². The highest BCUT2D eigenvalue weighted by Gasteiger charge is 2.42. The number of ether oxygens (including phenoxy) is 1. The van der Waals surface area contributed by atoms with Gasteiger partial charge >= 0.3 is 0 Å². The molecule has 0 aliphatic heterocycles. The lowest BCUT2D eigenvalue weighted by molar-refractivity contribution is -0.179. The third kappa shape index (κ3) is 3.32. The number of hydrogen-bond donors (Lipinski definition) is 0. The van der Waals surface area contributed by atoms with Crippen LogP contribution in [0.5, 0.6) is 0 Å². The molecule has 0 N–H and O–H groups in total. The van der Waals surface area contributed by atoms with Gasteiger partial charge in [0.05, 0.1) is 11.2 Å². The Labute approximate surface area is 106 Å². The van der Waals surface area contributed by atoms with Crippen molar-refractivity contribution in [3.05, 3.63) is 35.9 Å². The van der Waals surface area contributed by atoms with Gasteiger partial charge in [-0.2, -0.15) is 0 Å². The highest BCUT2D eigenvalue weighted by atomic mass is 16.5. The summed E-state index contributed by atoms with van der Waals surface area (Å²) >= 11 is 0. The summed E-state index contributed by atoms with van der Waals surface area (Å²) in [5, 5.41) is 0. The molecule has 0 unspecified atom stereocenters. The third-order valence-corrected chi connectivity index (χ3v) is 3.27. The van der Waals surface area contributed by atoms with E-state index in [-0.39, 0.29) is 16.6 Å². The molecule has 0 aliphatic rings. The highest BCUT2D eigenvalue weighted by Crippen LogP contribution is 2.44. The molecule has 0 spiro atoms. The Hall–Kier alpha value is -0.820. The maximum Gasteiger partial charge on any atom is 0.0958 e. The Kier molecular flexibility index (Phi) is 3.73. The fourth-order valence-corrected chi connectivity index (χ4v) is 2.01. The molecule has 1 heteroatoms. The van der Waals surface area contributed by atoms with E-state index in [1.807, 2.05) is 6.07 Å². The molecule has 0 bridgehead atoms. The summed E-state index contributed by atoms with van der Waals surface area (Å²) in [7, 11) is 0. The lowest BCUT2D eigenvalue weighted by atomic mass is 9.73. The van der Waals surface area contributed by atoms with Crippen LogP contribution in [0.15, 0.2) is 30.3 Å². The van der Waals surface area contributed by atoms with E-state index in [1.54, 1.807) is 0 Å². The van der Waals surface area contributed by atoms with Gasteiger partial charge in [0.25, 0.3) is 0 Å². The lowest BCUT2D eigenvalue weighted by Gasteiger charge is -2.46. The van der Waals surface area contributed by atoms with E-state index >= 15 is 0 Å². The Balaban J connectivity index is 3.22. The van der Waals surface area contributed by atoms with Crippen molar-refractivity contribution in [3.8, 4) is 0 Å². The average molecular weight is 234 g/mol. The zero-order valence-electron chi connectivity index (χ0n) is 12.3. The van der Waals surface area contributed by atoms with E-state index < -0.39 is 0 Å². The maximum atomic E-state index is 6.38. The molecule has 0 radical (unpaired) electrons. The molecule has 1 aromatic carbocycles. The quantitative estimate of drug-likeness (QED) is 0.716. The molecule has 0 aromatic heterocycles. The zero-order chi connectivity index (χ0) is 13.3. The van der Waals surface area contributed by atoms with E-state index in [0.717, 1.165) is 0 Å². The molecule has 0 aliphatic carbocycles. The predicted octanol–water partition coefficient (Wildman–Crippen LogP) is 4.76. The molecule has 1 rings (SSSR count). The SMILES string of the molecule is CC(C)(C)O[C@](C)(c1ccccc1)C(C)(C)C. The molecule has 1 nitrogen and oxygen atoms in total. The fraction of sp³-hybridized carbons (Fsp3) is 0.625. The van der Waals surface area contributed by atoms with E-state index in [9.17, 15) is 0 Å². The smallest absolute Gasteiger partial charge is 0.0958 e. The van der Waals surface area contributed by atoms with Gasteiger partial charge in [-0.15, -0.1) is 0 Å². The Morgan fingerprint density at radius 1 is 0.765 bits per heavy atom. The van der Waals surface area contributed by atoms with Gasteiger partial charge in [-0.05, 0) is 38.7 Å². The van der Waals surface area contributed by atoms with Crippen molar-refractivity contribution in [2.45, 2.75) is 59.7 Å². The normalized spacial score (nSPS) is 16.6. The summed E-state index contributed by atoms with van der Waals surface area (Å²) in [6.07, 6.45) is 0. The first-order valence-corrected chi connectivity index (χ1v) is 6.32. The van der Waals surface area contributed by atoms with Gasteiger partial charge < -0.3 is 4.74 Å². The molecule has 0 saturated carbocycles. The van der Waals surface area contributed by atoms with Crippen molar-refractivity contribution < 1.29 is 4.74 Å². The highest BCUT2D eigenvalue weighted by molar-refractivity contribution is 5.24. The monoisotopic (exact) mass is 234 g/mol. The molecule has 0 amide bonds. The minimum absolute atomic E-state index is 0.0433. The second-order valence-corrected chi connectivity index (χ2v) is 6.86. The summed E-state index contributed by atoms with van der Waals surface area (Å²) in [5.74, 6) is 0. The van der Waals surface area contributed by atoms with Crippen LogP contribution in [-0.2, 0) is 10.3 Å². The number of benzene rings is 1. The van der Waals surface area contributed by atoms with Crippen LogP contribution in [0.1, 0.15) is 54.0 Å². The molecule has 1 aromatic rings. The van der Waals surface area contributed by atoms with Crippen molar-refractivity contribution >= 4 is 0 Å². The topological polar surface area (TPSA) is 9.23 Å². The van der Waals surface area contributed by atoms with Crippen molar-refractivity contribution in [2.24, 2.45) is 5.41 Å². The van der Waals surface area contributed by atoms with E-state index in [4.69, 9.17) is 4.74 Å². The summed E-state index contributed by atoms with van der Waals surface area (Å²) in [4.78, 5) is 0. The van der Waals surface area contributed by atoms with Gasteiger partial charge in [-0.3, -0.25) is 0 Å². The third-order valence-electron chi connectivity index (χ3n) is 3.27. The molecule has 0 heterocycles. The second-order valence-electron chi connectivity index (χ2n) is 6.86. The van der Waals surface area contributed by atoms with E-state index in [0.29, 0.717) is 0 Å². The largest absolute Gasteiger partial charge is 0.364 e. The van der Waals surface area contributed by atoms with Crippen molar-refractivity contribution in [2.75, 3.05) is 0 Å². The summed E-state index contributed by atoms with van der Waals surface area (Å²) < 4.78 is 6.38. The molecule has 0 fully saturated rings. The van der Waals surface area contributed by atoms with Crippen LogP contribution in [-0.4, -0.2) is 5.60 Å². The number of rotatable bonds is 2. The average Bonchev–Trinajstić information content (AvgIpc) is 2.14. The Morgan fingerprint density at radius 2 is 1.24 bits per heavy atom. The summed E-state index contributed by atoms with van der Waals surface area (Å²) in [6.45, 7) is 15.2. The van der Waals surface area contributed by atoms with Gasteiger partial charge in [0.2, 0.25) is 0 Å². The first-order chi connectivity index (χ1) is 7.56. The summed E-state index contributed by atoms with van der Waals surface area (Å²) in [5.41, 5.74) is 0.842. The lowest BCUT2D eigenvalue weighted by Crippen LogP contribution is -2.44. The molecular formula is C16H26O. The van der Waals surface area contributed by atoms with Crippen LogP contribution in [0.3, 0.4) is 0 Å². The fourth-order valence-electron chi connectivity index (χ4n) is 2.01. The Bertz CT molecular complexity index is 353. The molecule has 96 valence electrons. The maximum absolute atomic E-state index is 6.38. The van der Waals surface area contributed by atoms with Gasteiger partial charge in [0.15, 0.2) is 0 Å². The van der Waals surface area contributed by atoms with Crippen LogP contribution in [0, 0.1) is 5.41 Å². The molecule has 0 saturated heterocycles. The van der Waals surface area contributed by atoms with Gasteiger partial charge in [-0.1, -0.05) is 51.1 Å². The molecule has 1 atom stereocenters. The molecule has 17 heavy (non-hydrogen) atoms. The van der Waals surface area contributed by atoms with E-state index in [1.165, 1.54) is 5.56 Å². The van der Waals surface area contributed by atoms with Crippen LogP contribution in [0.2, 0.25) is 0 Å². The van der Waals surface area contributed by atoms with Crippen molar-refractivity contribution in [3.63, 3.8) is 0 Å². The second kappa shape index (κ2) is 4.45. The van der Waals surface area contributed by atoms with Crippen LogP contribution in [0.25, 0.3) is 0 Å². The first-order valence-electron chi connectivity index (χ1n) is 6.32. The van der Waals surface area contributed by atoms with Crippen molar-refractivity contribution in [1.82, 2.24) is 0 Å². The predicted molar refractivity (Wildman–Crippen MR) is 74.1 cm³/mol. The summed E-state index contributed by atoms with van der Waals surface area (Å²) in [6, 6.07) is 10.5. The van der Waals surface area contributed by atoms with Gasteiger partial charge in [-0.25, -0.2) is 0 Å². The Morgan fingerprint density at radius 3 is 1.59 bits per heavy atom. The van der Waals surface area contributed by atoms with Crippen molar-refractivity contribution in [1.29, 1.82) is 0 Å². The zero-order valence-corrected chi connectivity index (χ0v) is 12.3. The van der Waals surface area contributed by atoms with Crippen LogP contribution < -0.4 is 0 Å². The standard InChI is InChI=1S/C16H26O/c1-14(2,3)16(7,17-15(4,5)6)13-11-9-8-10-12-13/h8-12H,1-7H3/t16-/m1/s1. The van der Waals surface area contributed by atoms with E-state index in [2.05, 4.69) is 72.7 Å². The minimum atomic E-state index is -0.285. The minimum Gasteiger partial charge on any atom is -0.364 e. The number of hydrogen-bond acceptors (Lipinski definition) is 1. The van der Waals surface area contributed by atoms with Crippen LogP contribution in [0.4, 0.5) is 0 Å². The molecular weight excluding hydrogens is 208 g/mol. The van der Waals surface area contributed by atoms with Gasteiger partial charge in [0.1, 0.15) is 0 Å². The first kappa shape index (κ1) is 14.2. The van der Waals surface area contributed by atoms with Gasteiger partial charge in [0, 0.05) is 0 Å².